The molecule has 0 radical (unpaired) electrons. The first kappa shape index (κ1) is 29.3. The molecule has 0 atom stereocenters. The fraction of sp³-hybridized carbons (Fsp3) is 0.724. The quantitative estimate of drug-likeness (QED) is 0.197. The van der Waals surface area contributed by atoms with E-state index in [0.29, 0.717) is 0 Å². The minimum absolute atomic E-state index is 0.0101. The fourth-order valence-corrected chi connectivity index (χ4v) is 5.85. The van der Waals surface area contributed by atoms with E-state index in [1.54, 1.807) is 0 Å². The summed E-state index contributed by atoms with van der Waals surface area (Å²) in [5, 5.41) is 0.0124. The first-order valence-electron chi connectivity index (χ1n) is 13.3. The molecule has 0 spiro atoms. The van der Waals surface area contributed by atoms with Gasteiger partial charge in [-0.15, -0.1) is 0 Å². The van der Waals surface area contributed by atoms with Crippen LogP contribution in [-0.4, -0.2) is 34.6 Å². The standard InChI is InChI=1S/C29H52O3Si2/c1-11-12-13-14-15-29(16-18-31-19-17-29)25-20-24(23-28(5,6)33(7,8)30)21-26(22-25)32-34(9,10)27(2,3)4/h14-15,20-22,30H,11-13,16-19,23H2,1-10H3/b15-14-. The van der Waals surface area contributed by atoms with E-state index in [1.165, 1.54) is 24.0 Å². The zero-order valence-electron chi connectivity index (χ0n) is 23.8. The lowest BCUT2D eigenvalue weighted by atomic mass is 9.73. The molecule has 0 aliphatic carbocycles. The van der Waals surface area contributed by atoms with Gasteiger partial charge in [-0.2, -0.15) is 0 Å². The first-order chi connectivity index (χ1) is 15.5. The second kappa shape index (κ2) is 11.0. The highest BCUT2D eigenvalue weighted by atomic mass is 28.4. The van der Waals surface area contributed by atoms with Crippen molar-refractivity contribution >= 4 is 16.6 Å². The van der Waals surface area contributed by atoms with Crippen LogP contribution in [0.1, 0.15) is 84.8 Å². The van der Waals surface area contributed by atoms with Crippen molar-refractivity contribution in [3.63, 3.8) is 0 Å². The molecule has 0 amide bonds. The summed E-state index contributed by atoms with van der Waals surface area (Å²) < 4.78 is 12.7. The molecule has 1 aliphatic heterocycles. The van der Waals surface area contributed by atoms with E-state index in [2.05, 4.69) is 98.1 Å². The highest BCUT2D eigenvalue weighted by molar-refractivity contribution is 6.74. The molecule has 0 aromatic heterocycles. The average Bonchev–Trinajstić information content (AvgIpc) is 2.69. The summed E-state index contributed by atoms with van der Waals surface area (Å²) in [6, 6.07) is 6.96. The van der Waals surface area contributed by atoms with Gasteiger partial charge in [0, 0.05) is 18.6 Å². The Hall–Kier alpha value is -0.886. The smallest absolute Gasteiger partial charge is 0.250 e. The molecule has 2 rings (SSSR count). The van der Waals surface area contributed by atoms with Crippen LogP contribution in [0.4, 0.5) is 0 Å². The summed E-state index contributed by atoms with van der Waals surface area (Å²) in [7, 11) is -4.31. The van der Waals surface area contributed by atoms with E-state index in [1.807, 2.05) is 0 Å². The van der Waals surface area contributed by atoms with Crippen LogP contribution in [0.3, 0.4) is 0 Å². The number of rotatable bonds is 10. The van der Waals surface area contributed by atoms with Gasteiger partial charge in [0.15, 0.2) is 8.32 Å². The molecule has 0 unspecified atom stereocenters. The van der Waals surface area contributed by atoms with E-state index in [0.717, 1.165) is 44.6 Å². The molecule has 3 nitrogen and oxygen atoms in total. The monoisotopic (exact) mass is 504 g/mol. The van der Waals surface area contributed by atoms with Crippen LogP contribution in [0.25, 0.3) is 0 Å². The molecule has 1 aliphatic rings. The minimum Gasteiger partial charge on any atom is -0.543 e. The van der Waals surface area contributed by atoms with Crippen LogP contribution < -0.4 is 4.43 Å². The average molecular weight is 505 g/mol. The van der Waals surface area contributed by atoms with Gasteiger partial charge in [0.2, 0.25) is 8.32 Å². The molecule has 34 heavy (non-hydrogen) atoms. The Balaban J connectivity index is 2.58. The number of hydrogen-bond donors (Lipinski definition) is 1. The summed E-state index contributed by atoms with van der Waals surface area (Å²) in [6.45, 7) is 23.9. The highest BCUT2D eigenvalue weighted by Crippen LogP contribution is 2.44. The second-order valence-electron chi connectivity index (χ2n) is 13.2. The van der Waals surface area contributed by atoms with Crippen molar-refractivity contribution in [1.82, 2.24) is 0 Å². The minimum atomic E-state index is -2.33. The lowest BCUT2D eigenvalue weighted by molar-refractivity contribution is 0.0652. The molecule has 1 aromatic carbocycles. The maximum atomic E-state index is 11.0. The normalized spacial score (nSPS) is 17.9. The van der Waals surface area contributed by atoms with Gasteiger partial charge >= 0.3 is 0 Å². The fourth-order valence-electron chi connectivity index (χ4n) is 4.20. The van der Waals surface area contributed by atoms with Crippen LogP contribution in [0.2, 0.25) is 36.3 Å². The molecule has 5 heteroatoms. The summed E-state index contributed by atoms with van der Waals surface area (Å²) >= 11 is 0. The Bertz CT molecular complexity index is 777. The van der Waals surface area contributed by atoms with Gasteiger partial charge in [-0.1, -0.05) is 72.6 Å². The summed E-state index contributed by atoms with van der Waals surface area (Å²) in [4.78, 5) is 11.0. The van der Waals surface area contributed by atoms with E-state index in [9.17, 15) is 4.80 Å². The van der Waals surface area contributed by atoms with Crippen molar-refractivity contribution in [2.75, 3.05) is 13.2 Å². The molecule has 1 heterocycles. The van der Waals surface area contributed by atoms with Gasteiger partial charge in [0.1, 0.15) is 5.75 Å². The summed E-state index contributed by atoms with van der Waals surface area (Å²) in [5.74, 6) is 1.00. The third-order valence-corrected chi connectivity index (χ3v) is 16.4. The van der Waals surface area contributed by atoms with E-state index in [4.69, 9.17) is 9.16 Å². The Morgan fingerprint density at radius 1 is 1.03 bits per heavy atom. The maximum Gasteiger partial charge on any atom is 0.250 e. The van der Waals surface area contributed by atoms with Crippen molar-refractivity contribution < 1.29 is 14.0 Å². The SMILES string of the molecule is CCCC/C=C\C1(c2cc(CC(C)(C)[Si](C)(C)O)cc(O[Si](C)(C)C(C)(C)C)c2)CCOCC1. The van der Waals surface area contributed by atoms with Crippen molar-refractivity contribution in [3.05, 3.63) is 41.5 Å². The summed E-state index contributed by atoms with van der Waals surface area (Å²) in [6.07, 6.45) is 11.3. The number of unbranched alkanes of at least 4 members (excludes halogenated alkanes) is 2. The van der Waals surface area contributed by atoms with Gasteiger partial charge in [-0.25, -0.2) is 0 Å². The molecule has 1 N–H and O–H groups in total. The Morgan fingerprint density at radius 2 is 1.65 bits per heavy atom. The Labute approximate surface area is 212 Å². The lowest BCUT2D eigenvalue weighted by Gasteiger charge is -2.39. The van der Waals surface area contributed by atoms with Gasteiger partial charge in [0.05, 0.1) is 0 Å². The van der Waals surface area contributed by atoms with Crippen molar-refractivity contribution in [3.8, 4) is 5.75 Å². The van der Waals surface area contributed by atoms with E-state index in [-0.39, 0.29) is 15.5 Å². The van der Waals surface area contributed by atoms with Crippen LogP contribution in [0, 0.1) is 0 Å². The van der Waals surface area contributed by atoms with Crippen molar-refractivity contribution in [2.24, 2.45) is 0 Å². The van der Waals surface area contributed by atoms with Gasteiger partial charge in [0.25, 0.3) is 0 Å². The second-order valence-corrected chi connectivity index (χ2v) is 22.4. The zero-order valence-corrected chi connectivity index (χ0v) is 25.8. The van der Waals surface area contributed by atoms with Crippen LogP contribution in [0.5, 0.6) is 5.75 Å². The summed E-state index contributed by atoms with van der Waals surface area (Å²) in [5.41, 5.74) is 2.62. The predicted octanol–water partition coefficient (Wildman–Crippen LogP) is 8.39. The molecule has 194 valence electrons. The topological polar surface area (TPSA) is 38.7 Å². The van der Waals surface area contributed by atoms with Crippen LogP contribution in [0.15, 0.2) is 30.4 Å². The zero-order chi connectivity index (χ0) is 25.8. The third-order valence-electron chi connectivity index (χ3n) is 8.57. The number of benzene rings is 1. The van der Waals surface area contributed by atoms with E-state index >= 15 is 0 Å². The highest BCUT2D eigenvalue weighted by Gasteiger charge is 2.41. The molecule has 1 aromatic rings. The van der Waals surface area contributed by atoms with E-state index < -0.39 is 16.6 Å². The first-order valence-corrected chi connectivity index (χ1v) is 19.2. The number of ether oxygens (including phenoxy) is 1. The molecule has 1 saturated heterocycles. The molecular weight excluding hydrogens is 452 g/mol. The molecule has 1 fully saturated rings. The Kier molecular flexibility index (Phi) is 9.51. The van der Waals surface area contributed by atoms with Crippen LogP contribution >= 0.6 is 0 Å². The van der Waals surface area contributed by atoms with Gasteiger partial charge in [-0.3, -0.25) is 0 Å². The van der Waals surface area contributed by atoms with Gasteiger partial charge < -0.3 is 14.0 Å². The maximum absolute atomic E-state index is 11.0. The predicted molar refractivity (Wildman–Crippen MR) is 152 cm³/mol. The number of allylic oxidation sites excluding steroid dienone is 2. The number of hydrogen-bond acceptors (Lipinski definition) is 3. The van der Waals surface area contributed by atoms with Crippen molar-refractivity contribution in [2.45, 2.75) is 122 Å². The molecule has 0 saturated carbocycles. The lowest BCUT2D eigenvalue weighted by Crippen LogP contribution is -2.44. The van der Waals surface area contributed by atoms with Crippen molar-refractivity contribution in [1.29, 1.82) is 0 Å². The van der Waals surface area contributed by atoms with Gasteiger partial charge in [-0.05, 0) is 85.2 Å². The Morgan fingerprint density at radius 3 is 2.18 bits per heavy atom. The molecule has 0 bridgehead atoms. The third kappa shape index (κ3) is 7.31. The molecular formula is C29H52O3Si2. The largest absolute Gasteiger partial charge is 0.543 e. The van der Waals surface area contributed by atoms with Crippen LogP contribution in [-0.2, 0) is 16.6 Å².